The molecule has 4 heteroatoms. The van der Waals surface area contributed by atoms with Crippen LogP contribution in [-0.2, 0) is 0 Å². The van der Waals surface area contributed by atoms with Crippen molar-refractivity contribution in [3.05, 3.63) is 28.8 Å². The molecule has 0 aromatic heterocycles. The smallest absolute Gasteiger partial charge is 0.201 e. The van der Waals surface area contributed by atoms with E-state index in [9.17, 15) is 13.6 Å². The first kappa shape index (κ1) is 10.6. The third kappa shape index (κ3) is 1.60. The largest absolute Gasteiger partial charge is 0.504 e. The van der Waals surface area contributed by atoms with Gasteiger partial charge in [0.25, 0.3) is 0 Å². The first-order valence-corrected chi connectivity index (χ1v) is 4.15. The molecule has 0 aliphatic carbocycles. The third-order valence-corrected chi connectivity index (χ3v) is 1.99. The summed E-state index contributed by atoms with van der Waals surface area (Å²) in [6.07, 6.45) is 0.295. The Kier molecular flexibility index (Phi) is 2.84. The summed E-state index contributed by atoms with van der Waals surface area (Å²) in [5.74, 6) is -3.63. The molecular formula is C10H10F2O2. The summed E-state index contributed by atoms with van der Waals surface area (Å²) >= 11 is 0. The van der Waals surface area contributed by atoms with Gasteiger partial charge in [0.1, 0.15) is 0 Å². The minimum Gasteiger partial charge on any atom is -0.504 e. The van der Waals surface area contributed by atoms with Gasteiger partial charge in [-0.1, -0.05) is 13.8 Å². The number of carbonyl (C=O) groups excluding carboxylic acids is 1. The van der Waals surface area contributed by atoms with Crippen LogP contribution in [-0.4, -0.2) is 11.4 Å². The summed E-state index contributed by atoms with van der Waals surface area (Å²) in [7, 11) is 0. The number of aldehydes is 1. The SMILES string of the molecule is CC(C)c1cc(C=O)c(O)c(F)c1F. The quantitative estimate of drug-likeness (QED) is 0.745. The molecule has 0 aliphatic rings. The lowest BCUT2D eigenvalue weighted by molar-refractivity contribution is 0.112. The van der Waals surface area contributed by atoms with E-state index in [2.05, 4.69) is 0 Å². The number of rotatable bonds is 2. The second kappa shape index (κ2) is 3.74. The summed E-state index contributed by atoms with van der Waals surface area (Å²) in [6.45, 7) is 3.34. The lowest BCUT2D eigenvalue weighted by Crippen LogP contribution is -2.00. The van der Waals surface area contributed by atoms with Crippen molar-refractivity contribution in [3.63, 3.8) is 0 Å². The standard InChI is InChI=1S/C10H10F2O2/c1-5(2)7-3-6(4-13)10(14)9(12)8(7)11/h3-5,14H,1-2H3. The Bertz CT molecular complexity index is 373. The summed E-state index contributed by atoms with van der Waals surface area (Å²) in [5.41, 5.74) is -0.144. The zero-order valence-corrected chi connectivity index (χ0v) is 7.84. The fourth-order valence-electron chi connectivity index (χ4n) is 1.17. The van der Waals surface area contributed by atoms with Crippen LogP contribution in [0, 0.1) is 11.6 Å². The molecule has 0 radical (unpaired) electrons. The topological polar surface area (TPSA) is 37.3 Å². The first-order valence-electron chi connectivity index (χ1n) is 4.15. The number of phenols is 1. The zero-order chi connectivity index (χ0) is 10.9. The number of aromatic hydroxyl groups is 1. The Morgan fingerprint density at radius 3 is 2.36 bits per heavy atom. The number of benzene rings is 1. The van der Waals surface area contributed by atoms with Crippen LogP contribution in [0.2, 0.25) is 0 Å². The molecule has 1 N–H and O–H groups in total. The van der Waals surface area contributed by atoms with Crippen LogP contribution in [0.1, 0.15) is 35.7 Å². The van der Waals surface area contributed by atoms with Gasteiger partial charge in [0.05, 0.1) is 5.56 Å². The van der Waals surface area contributed by atoms with Gasteiger partial charge in [-0.05, 0) is 17.5 Å². The number of hydrogen-bond acceptors (Lipinski definition) is 2. The average Bonchev–Trinajstić information content (AvgIpc) is 2.14. The Balaban J connectivity index is 3.48. The molecule has 14 heavy (non-hydrogen) atoms. The monoisotopic (exact) mass is 200 g/mol. The van der Waals surface area contributed by atoms with Crippen molar-refractivity contribution in [2.75, 3.05) is 0 Å². The predicted octanol–water partition coefficient (Wildman–Crippen LogP) is 2.61. The van der Waals surface area contributed by atoms with Gasteiger partial charge in [0, 0.05) is 0 Å². The fourth-order valence-corrected chi connectivity index (χ4v) is 1.17. The summed E-state index contributed by atoms with van der Waals surface area (Å²) in [6, 6.07) is 1.16. The Morgan fingerprint density at radius 1 is 1.36 bits per heavy atom. The van der Waals surface area contributed by atoms with Gasteiger partial charge in [-0.15, -0.1) is 0 Å². The van der Waals surface area contributed by atoms with Crippen LogP contribution in [0.5, 0.6) is 5.75 Å². The second-order valence-electron chi connectivity index (χ2n) is 3.30. The van der Waals surface area contributed by atoms with E-state index < -0.39 is 17.4 Å². The van der Waals surface area contributed by atoms with Gasteiger partial charge < -0.3 is 5.11 Å². The van der Waals surface area contributed by atoms with Gasteiger partial charge in [0.15, 0.2) is 17.9 Å². The predicted molar refractivity (Wildman–Crippen MR) is 47.5 cm³/mol. The maximum atomic E-state index is 13.2. The molecule has 1 aromatic carbocycles. The zero-order valence-electron chi connectivity index (χ0n) is 7.84. The van der Waals surface area contributed by atoms with E-state index in [0.717, 1.165) is 6.07 Å². The van der Waals surface area contributed by atoms with Gasteiger partial charge >= 0.3 is 0 Å². The van der Waals surface area contributed by atoms with Gasteiger partial charge in [-0.3, -0.25) is 4.79 Å². The van der Waals surface area contributed by atoms with Crippen molar-refractivity contribution in [1.82, 2.24) is 0 Å². The molecule has 2 nitrogen and oxygen atoms in total. The minimum atomic E-state index is -1.36. The van der Waals surface area contributed by atoms with Gasteiger partial charge in [-0.2, -0.15) is 4.39 Å². The van der Waals surface area contributed by atoms with E-state index in [4.69, 9.17) is 5.11 Å². The maximum Gasteiger partial charge on any atom is 0.201 e. The maximum absolute atomic E-state index is 13.2. The van der Waals surface area contributed by atoms with E-state index in [1.54, 1.807) is 13.8 Å². The molecule has 0 saturated carbocycles. The van der Waals surface area contributed by atoms with Crippen LogP contribution in [0.4, 0.5) is 8.78 Å². The highest BCUT2D eigenvalue weighted by atomic mass is 19.2. The van der Waals surface area contributed by atoms with Crippen LogP contribution in [0.25, 0.3) is 0 Å². The lowest BCUT2D eigenvalue weighted by Gasteiger charge is -2.09. The molecule has 76 valence electrons. The lowest BCUT2D eigenvalue weighted by atomic mass is 9.99. The van der Waals surface area contributed by atoms with Gasteiger partial charge in [-0.25, -0.2) is 4.39 Å². The molecular weight excluding hydrogens is 190 g/mol. The fraction of sp³-hybridized carbons (Fsp3) is 0.300. The Morgan fingerprint density at radius 2 is 1.93 bits per heavy atom. The Labute approximate surface area is 80.2 Å². The molecule has 0 saturated heterocycles. The number of hydrogen-bond donors (Lipinski definition) is 1. The van der Waals surface area contributed by atoms with Crippen LogP contribution in [0.3, 0.4) is 0 Å². The highest BCUT2D eigenvalue weighted by molar-refractivity contribution is 5.79. The molecule has 1 aromatic rings. The summed E-state index contributed by atoms with van der Waals surface area (Å²) in [5, 5.41) is 9.04. The van der Waals surface area contributed by atoms with Crippen molar-refractivity contribution in [3.8, 4) is 5.75 Å². The van der Waals surface area contributed by atoms with Crippen molar-refractivity contribution in [2.24, 2.45) is 0 Å². The number of carbonyl (C=O) groups is 1. The molecule has 0 spiro atoms. The van der Waals surface area contributed by atoms with Gasteiger partial charge in [0.2, 0.25) is 5.82 Å². The number of halogens is 2. The van der Waals surface area contributed by atoms with Crippen LogP contribution < -0.4 is 0 Å². The first-order chi connectivity index (χ1) is 6.49. The molecule has 0 atom stereocenters. The van der Waals surface area contributed by atoms with Crippen molar-refractivity contribution >= 4 is 6.29 Å². The van der Waals surface area contributed by atoms with E-state index in [1.165, 1.54) is 0 Å². The molecule has 0 unspecified atom stereocenters. The normalized spacial score (nSPS) is 10.6. The van der Waals surface area contributed by atoms with Crippen molar-refractivity contribution in [1.29, 1.82) is 0 Å². The Hall–Kier alpha value is -1.45. The van der Waals surface area contributed by atoms with Crippen LogP contribution in [0.15, 0.2) is 6.07 Å². The summed E-state index contributed by atoms with van der Waals surface area (Å²) in [4.78, 5) is 10.4. The molecule has 0 aliphatic heterocycles. The van der Waals surface area contributed by atoms with Crippen molar-refractivity contribution in [2.45, 2.75) is 19.8 Å². The van der Waals surface area contributed by atoms with Crippen LogP contribution >= 0.6 is 0 Å². The molecule has 1 rings (SSSR count). The van der Waals surface area contributed by atoms with E-state index in [1.807, 2.05) is 0 Å². The second-order valence-corrected chi connectivity index (χ2v) is 3.30. The minimum absolute atomic E-state index is 0.0856. The number of phenolic OH excluding ortho intramolecular Hbond substituents is 1. The van der Waals surface area contributed by atoms with Crippen molar-refractivity contribution < 1.29 is 18.7 Å². The third-order valence-electron chi connectivity index (χ3n) is 1.99. The molecule has 0 bridgehead atoms. The highest BCUT2D eigenvalue weighted by Gasteiger charge is 2.18. The van der Waals surface area contributed by atoms with E-state index >= 15 is 0 Å². The van der Waals surface area contributed by atoms with E-state index in [-0.39, 0.29) is 17.0 Å². The highest BCUT2D eigenvalue weighted by Crippen LogP contribution is 2.29. The molecule has 0 heterocycles. The summed E-state index contributed by atoms with van der Waals surface area (Å²) < 4.78 is 26.2. The molecule has 0 fully saturated rings. The molecule has 0 amide bonds. The van der Waals surface area contributed by atoms with E-state index in [0.29, 0.717) is 6.29 Å². The average molecular weight is 200 g/mol.